The summed E-state index contributed by atoms with van der Waals surface area (Å²) in [4.78, 5) is 27.4. The molecular weight excluding hydrogens is 336 g/mol. The van der Waals surface area contributed by atoms with Gasteiger partial charge in [-0.3, -0.25) is 14.0 Å². The van der Waals surface area contributed by atoms with Crippen LogP contribution in [0.3, 0.4) is 0 Å². The smallest absolute Gasteiger partial charge is 0.270 e. The predicted octanol–water partition coefficient (Wildman–Crippen LogP) is 1.66. The Morgan fingerprint density at radius 1 is 1.29 bits per heavy atom. The molecule has 2 N–H and O–H groups in total. The highest BCUT2D eigenvalue weighted by Crippen LogP contribution is 2.16. The molecule has 2 aromatic rings. The topological polar surface area (TPSA) is 75.5 Å². The molecular formula is C14H17BrN4O2. The molecule has 0 saturated heterocycles. The summed E-state index contributed by atoms with van der Waals surface area (Å²) in [7, 11) is 0. The summed E-state index contributed by atoms with van der Waals surface area (Å²) in [6.07, 6.45) is 2.51. The van der Waals surface area contributed by atoms with Crippen LogP contribution in [0, 0.1) is 6.92 Å². The molecule has 0 aliphatic carbocycles. The number of carbonyl (C=O) groups excluding carboxylic acids is 2. The van der Waals surface area contributed by atoms with Crippen molar-refractivity contribution in [2.24, 2.45) is 0 Å². The first-order valence-corrected chi connectivity index (χ1v) is 7.45. The van der Waals surface area contributed by atoms with Crippen molar-refractivity contribution in [1.82, 2.24) is 20.0 Å². The third-order valence-corrected chi connectivity index (χ3v) is 3.45. The minimum atomic E-state index is -0.166. The van der Waals surface area contributed by atoms with Crippen LogP contribution >= 0.6 is 15.9 Å². The lowest BCUT2D eigenvalue weighted by molar-refractivity contribution is -0.118. The van der Waals surface area contributed by atoms with Crippen LogP contribution in [0.5, 0.6) is 0 Å². The van der Waals surface area contributed by atoms with E-state index < -0.39 is 0 Å². The number of pyridine rings is 1. The number of nitrogens with one attached hydrogen (secondary N) is 2. The van der Waals surface area contributed by atoms with E-state index >= 15 is 0 Å². The number of hydrogen-bond acceptors (Lipinski definition) is 3. The Hall–Kier alpha value is -1.89. The second-order valence-corrected chi connectivity index (χ2v) is 5.63. The average molecular weight is 353 g/mol. The summed E-state index contributed by atoms with van der Waals surface area (Å²) in [5.41, 5.74) is 1.96. The Labute approximate surface area is 131 Å². The van der Waals surface area contributed by atoms with Crippen molar-refractivity contribution in [1.29, 1.82) is 0 Å². The van der Waals surface area contributed by atoms with Gasteiger partial charge < -0.3 is 10.6 Å². The molecule has 6 nitrogen and oxygen atoms in total. The van der Waals surface area contributed by atoms with Crippen molar-refractivity contribution in [2.45, 2.75) is 20.3 Å². The number of aryl methyl sites for hydroxylation is 1. The molecule has 7 heteroatoms. The predicted molar refractivity (Wildman–Crippen MR) is 83.3 cm³/mol. The van der Waals surface area contributed by atoms with Gasteiger partial charge in [0.05, 0.1) is 5.69 Å². The number of rotatable bonds is 5. The van der Waals surface area contributed by atoms with Crippen molar-refractivity contribution in [2.75, 3.05) is 13.1 Å². The molecule has 0 saturated carbocycles. The van der Waals surface area contributed by atoms with Crippen LogP contribution < -0.4 is 10.6 Å². The van der Waals surface area contributed by atoms with E-state index in [0.29, 0.717) is 30.9 Å². The second kappa shape index (κ2) is 6.71. The van der Waals surface area contributed by atoms with Crippen LogP contribution in [-0.4, -0.2) is 34.3 Å². The van der Waals surface area contributed by atoms with Crippen LogP contribution in [0.2, 0.25) is 0 Å². The first-order valence-electron chi connectivity index (χ1n) is 6.66. The average Bonchev–Trinajstić information content (AvgIpc) is 2.73. The number of imidazole rings is 1. The number of aromatic nitrogens is 2. The zero-order chi connectivity index (χ0) is 15.4. The normalized spacial score (nSPS) is 10.6. The summed E-state index contributed by atoms with van der Waals surface area (Å²) in [5.74, 6) is -0.232. The highest BCUT2D eigenvalue weighted by atomic mass is 79.9. The van der Waals surface area contributed by atoms with Gasteiger partial charge >= 0.3 is 0 Å². The molecule has 0 spiro atoms. The number of hydrogen-bond donors (Lipinski definition) is 2. The standard InChI is InChI=1S/C14H17BrN4O2/c1-9-13(14(21)17-7-3-6-16-10(2)20)19-8-11(15)4-5-12(19)18-9/h4-5,8H,3,6-7H2,1-2H3,(H,16,20)(H,17,21). The zero-order valence-electron chi connectivity index (χ0n) is 11.9. The fraction of sp³-hybridized carbons (Fsp3) is 0.357. The fourth-order valence-electron chi connectivity index (χ4n) is 2.05. The lowest BCUT2D eigenvalue weighted by Gasteiger charge is -2.06. The molecule has 0 radical (unpaired) electrons. The lowest BCUT2D eigenvalue weighted by atomic mass is 10.3. The third kappa shape index (κ3) is 3.81. The summed E-state index contributed by atoms with van der Waals surface area (Å²) >= 11 is 3.39. The van der Waals surface area contributed by atoms with Crippen molar-refractivity contribution in [3.05, 3.63) is 34.2 Å². The first-order chi connectivity index (χ1) is 9.99. The largest absolute Gasteiger partial charge is 0.356 e. The van der Waals surface area contributed by atoms with E-state index in [1.54, 1.807) is 4.40 Å². The number of nitrogens with zero attached hydrogens (tertiary/aromatic N) is 2. The fourth-order valence-corrected chi connectivity index (χ4v) is 2.39. The van der Waals surface area contributed by atoms with E-state index in [1.165, 1.54) is 6.92 Å². The van der Waals surface area contributed by atoms with E-state index in [2.05, 4.69) is 31.5 Å². The van der Waals surface area contributed by atoms with Crippen molar-refractivity contribution in [3.8, 4) is 0 Å². The molecule has 2 rings (SSSR count). The molecule has 0 fully saturated rings. The maximum atomic E-state index is 12.3. The van der Waals surface area contributed by atoms with Gasteiger partial charge in [-0.1, -0.05) is 0 Å². The summed E-state index contributed by atoms with van der Waals surface area (Å²) in [5, 5.41) is 5.53. The van der Waals surface area contributed by atoms with Crippen LogP contribution in [0.1, 0.15) is 29.5 Å². The summed E-state index contributed by atoms with van der Waals surface area (Å²) < 4.78 is 2.65. The van der Waals surface area contributed by atoms with Crippen molar-refractivity contribution in [3.63, 3.8) is 0 Å². The van der Waals surface area contributed by atoms with Gasteiger partial charge in [0.25, 0.3) is 5.91 Å². The molecule has 0 aliphatic heterocycles. The molecule has 0 aromatic carbocycles. The van der Waals surface area contributed by atoms with Gasteiger partial charge in [-0.15, -0.1) is 0 Å². The van der Waals surface area contributed by atoms with E-state index in [4.69, 9.17) is 0 Å². The zero-order valence-corrected chi connectivity index (χ0v) is 13.5. The number of carbonyl (C=O) groups is 2. The molecule has 2 aromatic heterocycles. The van der Waals surface area contributed by atoms with E-state index in [9.17, 15) is 9.59 Å². The lowest BCUT2D eigenvalue weighted by Crippen LogP contribution is -2.29. The van der Waals surface area contributed by atoms with Gasteiger partial charge in [0.15, 0.2) is 0 Å². The molecule has 0 unspecified atom stereocenters. The molecule has 0 bridgehead atoms. The SMILES string of the molecule is CC(=O)NCCCNC(=O)c1c(C)nc2ccc(Br)cn12. The Morgan fingerprint density at radius 3 is 2.71 bits per heavy atom. The molecule has 0 aliphatic rings. The van der Waals surface area contributed by atoms with E-state index in [0.717, 1.165) is 10.1 Å². The van der Waals surface area contributed by atoms with E-state index in [-0.39, 0.29) is 11.8 Å². The summed E-state index contributed by atoms with van der Waals surface area (Å²) in [6.45, 7) is 4.33. The van der Waals surface area contributed by atoms with Gasteiger partial charge in [0.1, 0.15) is 11.3 Å². The number of fused-ring (bicyclic) bond motifs is 1. The number of halogens is 1. The maximum Gasteiger partial charge on any atom is 0.270 e. The van der Waals surface area contributed by atoms with Crippen LogP contribution in [0.25, 0.3) is 5.65 Å². The molecule has 2 heterocycles. The minimum Gasteiger partial charge on any atom is -0.356 e. The molecule has 112 valence electrons. The first kappa shape index (κ1) is 15.5. The molecule has 2 amide bonds. The van der Waals surface area contributed by atoms with Gasteiger partial charge in [-0.2, -0.15) is 0 Å². The van der Waals surface area contributed by atoms with Gasteiger partial charge in [0, 0.05) is 30.7 Å². The Kier molecular flexibility index (Phi) is 4.95. The second-order valence-electron chi connectivity index (χ2n) is 4.71. The van der Waals surface area contributed by atoms with Gasteiger partial charge in [-0.05, 0) is 41.4 Å². The van der Waals surface area contributed by atoms with Crippen molar-refractivity contribution < 1.29 is 9.59 Å². The quantitative estimate of drug-likeness (QED) is 0.803. The van der Waals surface area contributed by atoms with Crippen LogP contribution in [0.15, 0.2) is 22.8 Å². The molecule has 0 atom stereocenters. The Balaban J connectivity index is 2.04. The van der Waals surface area contributed by atoms with Gasteiger partial charge in [-0.25, -0.2) is 4.98 Å². The van der Waals surface area contributed by atoms with Crippen molar-refractivity contribution >= 4 is 33.4 Å². The molecule has 21 heavy (non-hydrogen) atoms. The van der Waals surface area contributed by atoms with Crippen LogP contribution in [0.4, 0.5) is 0 Å². The Bertz CT molecular complexity index is 681. The highest BCUT2D eigenvalue weighted by molar-refractivity contribution is 9.10. The van der Waals surface area contributed by atoms with Gasteiger partial charge in [0.2, 0.25) is 5.91 Å². The highest BCUT2D eigenvalue weighted by Gasteiger charge is 2.16. The third-order valence-electron chi connectivity index (χ3n) is 2.98. The number of amides is 2. The van der Waals surface area contributed by atoms with Crippen LogP contribution in [-0.2, 0) is 4.79 Å². The minimum absolute atomic E-state index is 0.0659. The monoisotopic (exact) mass is 352 g/mol. The van der Waals surface area contributed by atoms with E-state index in [1.807, 2.05) is 25.3 Å². The Morgan fingerprint density at radius 2 is 2.00 bits per heavy atom. The summed E-state index contributed by atoms with van der Waals surface area (Å²) in [6, 6.07) is 3.74. The maximum absolute atomic E-state index is 12.3.